The zero-order valence-corrected chi connectivity index (χ0v) is 16.9. The summed E-state index contributed by atoms with van der Waals surface area (Å²) in [4.78, 5) is 20.4. The van der Waals surface area contributed by atoms with Gasteiger partial charge in [-0.3, -0.25) is 0 Å². The second kappa shape index (κ2) is 12.0. The van der Waals surface area contributed by atoms with Crippen molar-refractivity contribution in [3.05, 3.63) is 11.8 Å². The number of alkyl halides is 3. The van der Waals surface area contributed by atoms with Gasteiger partial charge in [-0.05, 0) is 37.6 Å². The summed E-state index contributed by atoms with van der Waals surface area (Å²) in [6, 6.07) is 0. The first-order valence-electron chi connectivity index (χ1n) is 8.46. The summed E-state index contributed by atoms with van der Waals surface area (Å²) in [6.45, 7) is 1.94. The minimum atomic E-state index is -4.03. The Morgan fingerprint density at radius 1 is 1.21 bits per heavy atom. The first kappa shape index (κ1) is 24.4. The topological polar surface area (TPSA) is 104 Å². The van der Waals surface area contributed by atoms with Gasteiger partial charge in [0.1, 0.15) is 10.7 Å². The van der Waals surface area contributed by atoms with Crippen LogP contribution in [0.2, 0.25) is 0 Å². The van der Waals surface area contributed by atoms with Crippen LogP contribution in [0.25, 0.3) is 5.57 Å². The Labute approximate surface area is 169 Å². The molecule has 0 radical (unpaired) electrons. The molecule has 28 heavy (non-hydrogen) atoms. The standard InChI is InChI=1S/C14H20F3N3S2.C2H2O4/c1-20-8-5-6-11(10-20)12-13(19-22-18-12)21-9-4-2-3-7-14(15,16)17;3-1(4)2(5)6/h6H,2-5,7-10H2,1H3;(H,3,4)(H,5,6). The molecule has 0 saturated carbocycles. The summed E-state index contributed by atoms with van der Waals surface area (Å²) < 4.78 is 44.9. The summed E-state index contributed by atoms with van der Waals surface area (Å²) >= 11 is 2.81. The fraction of sp³-hybridized carbons (Fsp3) is 0.625. The van der Waals surface area contributed by atoms with Gasteiger partial charge in [0.05, 0.1) is 11.7 Å². The third-order valence-corrected chi connectivity index (χ3v) is 5.33. The number of unbranched alkanes of at least 4 members (excludes halogenated alkanes) is 2. The molecule has 0 fully saturated rings. The number of thioether (sulfide) groups is 1. The van der Waals surface area contributed by atoms with Gasteiger partial charge in [-0.1, -0.05) is 12.5 Å². The van der Waals surface area contributed by atoms with Crippen molar-refractivity contribution in [2.75, 3.05) is 25.9 Å². The van der Waals surface area contributed by atoms with Gasteiger partial charge in [0.15, 0.2) is 0 Å². The van der Waals surface area contributed by atoms with Crippen LogP contribution in [-0.2, 0) is 9.59 Å². The van der Waals surface area contributed by atoms with Crippen molar-refractivity contribution >= 4 is 41.0 Å². The maximum Gasteiger partial charge on any atom is 0.414 e. The normalized spacial score (nSPS) is 14.8. The second-order valence-corrected chi connectivity index (χ2v) is 7.67. The molecule has 1 aromatic rings. The molecule has 7 nitrogen and oxygen atoms in total. The molecule has 2 heterocycles. The molecular formula is C16H22F3N3O4S2. The van der Waals surface area contributed by atoms with Crippen LogP contribution in [0.5, 0.6) is 0 Å². The highest BCUT2D eigenvalue weighted by molar-refractivity contribution is 7.99. The summed E-state index contributed by atoms with van der Waals surface area (Å²) in [7, 11) is 2.08. The largest absolute Gasteiger partial charge is 0.473 e. The van der Waals surface area contributed by atoms with Gasteiger partial charge in [0, 0.05) is 19.5 Å². The van der Waals surface area contributed by atoms with Crippen LogP contribution >= 0.6 is 23.5 Å². The van der Waals surface area contributed by atoms with Gasteiger partial charge in [0.25, 0.3) is 0 Å². The van der Waals surface area contributed by atoms with E-state index in [1.54, 1.807) is 11.8 Å². The molecule has 0 unspecified atom stereocenters. The molecule has 1 aromatic heterocycles. The Balaban J connectivity index is 0.000000568. The number of carbonyl (C=O) groups is 2. The van der Waals surface area contributed by atoms with E-state index < -0.39 is 24.5 Å². The lowest BCUT2D eigenvalue weighted by atomic mass is 10.1. The van der Waals surface area contributed by atoms with Crippen molar-refractivity contribution < 1.29 is 33.0 Å². The zero-order valence-electron chi connectivity index (χ0n) is 15.2. The van der Waals surface area contributed by atoms with Crippen LogP contribution in [-0.4, -0.2) is 67.9 Å². The predicted molar refractivity (Wildman–Crippen MR) is 101 cm³/mol. The molecule has 0 aliphatic carbocycles. The molecular weight excluding hydrogens is 419 g/mol. The van der Waals surface area contributed by atoms with Crippen molar-refractivity contribution in [3.8, 4) is 0 Å². The highest BCUT2D eigenvalue weighted by atomic mass is 32.2. The molecule has 0 amide bonds. The van der Waals surface area contributed by atoms with Gasteiger partial charge in [0.2, 0.25) is 0 Å². The number of likely N-dealkylation sites (N-methyl/N-ethyl adjacent to an activating group) is 1. The Hall–Kier alpha value is -1.66. The van der Waals surface area contributed by atoms with Crippen molar-refractivity contribution in [1.82, 2.24) is 13.6 Å². The van der Waals surface area contributed by atoms with Gasteiger partial charge in [-0.25, -0.2) is 9.59 Å². The summed E-state index contributed by atoms with van der Waals surface area (Å²) in [6.07, 6.45) is 0.109. The second-order valence-electron chi connectivity index (χ2n) is 6.06. The molecule has 2 rings (SSSR count). The Kier molecular flexibility index (Phi) is 10.5. The van der Waals surface area contributed by atoms with Crippen LogP contribution in [0.3, 0.4) is 0 Å². The van der Waals surface area contributed by atoms with E-state index >= 15 is 0 Å². The Bertz CT molecular complexity index is 668. The zero-order chi connectivity index (χ0) is 21.2. The lowest BCUT2D eigenvalue weighted by molar-refractivity contribution is -0.159. The maximum atomic E-state index is 12.0. The van der Waals surface area contributed by atoms with E-state index in [9.17, 15) is 13.2 Å². The number of rotatable bonds is 7. The van der Waals surface area contributed by atoms with Crippen molar-refractivity contribution in [3.63, 3.8) is 0 Å². The number of nitrogens with zero attached hydrogens (tertiary/aromatic N) is 3. The van der Waals surface area contributed by atoms with E-state index in [2.05, 4.69) is 26.8 Å². The monoisotopic (exact) mass is 441 g/mol. The predicted octanol–water partition coefficient (Wildman–Crippen LogP) is 3.63. The van der Waals surface area contributed by atoms with Crippen LogP contribution in [0.15, 0.2) is 11.1 Å². The molecule has 0 spiro atoms. The van der Waals surface area contributed by atoms with Crippen molar-refractivity contribution in [2.45, 2.75) is 43.3 Å². The SMILES string of the molecule is CN1CCC=C(c2nsnc2SCCCCCC(F)(F)F)C1.O=C(O)C(=O)O. The summed E-state index contributed by atoms with van der Waals surface area (Å²) in [5, 5.41) is 15.7. The van der Waals surface area contributed by atoms with Crippen molar-refractivity contribution in [1.29, 1.82) is 0 Å². The van der Waals surface area contributed by atoms with E-state index in [1.165, 1.54) is 17.3 Å². The lowest BCUT2D eigenvalue weighted by Gasteiger charge is -2.22. The third kappa shape index (κ3) is 10.0. The van der Waals surface area contributed by atoms with Gasteiger partial charge in [-0.2, -0.15) is 21.9 Å². The number of halogens is 3. The lowest BCUT2D eigenvalue weighted by Crippen LogP contribution is -2.25. The molecule has 0 aromatic carbocycles. The van der Waals surface area contributed by atoms with Gasteiger partial charge >= 0.3 is 18.1 Å². The minimum Gasteiger partial charge on any atom is -0.473 e. The number of hydrogen-bond acceptors (Lipinski definition) is 7. The Morgan fingerprint density at radius 3 is 2.46 bits per heavy atom. The number of aliphatic carboxylic acids is 2. The minimum absolute atomic E-state index is 0.210. The third-order valence-electron chi connectivity index (χ3n) is 3.63. The highest BCUT2D eigenvalue weighted by Gasteiger charge is 2.25. The van der Waals surface area contributed by atoms with Crippen LogP contribution < -0.4 is 0 Å². The summed E-state index contributed by atoms with van der Waals surface area (Å²) in [5.41, 5.74) is 2.17. The molecule has 1 aliphatic heterocycles. The molecule has 0 saturated heterocycles. The maximum absolute atomic E-state index is 12.0. The van der Waals surface area contributed by atoms with E-state index in [0.29, 0.717) is 6.42 Å². The molecule has 0 bridgehead atoms. The quantitative estimate of drug-likeness (QED) is 0.376. The molecule has 1 aliphatic rings. The van der Waals surface area contributed by atoms with E-state index in [4.69, 9.17) is 19.8 Å². The number of aromatic nitrogens is 2. The molecule has 0 atom stereocenters. The van der Waals surface area contributed by atoms with Gasteiger partial charge in [-0.15, -0.1) is 11.8 Å². The van der Waals surface area contributed by atoms with E-state index in [0.717, 1.165) is 42.4 Å². The van der Waals surface area contributed by atoms with Crippen LogP contribution in [0.4, 0.5) is 13.2 Å². The van der Waals surface area contributed by atoms with Crippen LogP contribution in [0, 0.1) is 0 Å². The summed E-state index contributed by atoms with van der Waals surface area (Å²) in [5.74, 6) is -2.86. The van der Waals surface area contributed by atoms with Crippen LogP contribution in [0.1, 0.15) is 37.8 Å². The fourth-order valence-corrected chi connectivity index (χ4v) is 4.02. The first-order chi connectivity index (χ1) is 13.1. The van der Waals surface area contributed by atoms with E-state index in [1.807, 2.05) is 0 Å². The molecule has 12 heteroatoms. The number of carboxylic acid groups (broad SMARTS) is 2. The first-order valence-corrected chi connectivity index (χ1v) is 10.2. The van der Waals surface area contributed by atoms with Crippen molar-refractivity contribution in [2.24, 2.45) is 0 Å². The molecule has 158 valence electrons. The fourth-order valence-electron chi connectivity index (χ4n) is 2.31. The van der Waals surface area contributed by atoms with Gasteiger partial charge < -0.3 is 15.1 Å². The average Bonchev–Trinajstić information content (AvgIpc) is 3.06. The number of hydrogen-bond donors (Lipinski definition) is 2. The highest BCUT2D eigenvalue weighted by Crippen LogP contribution is 2.30. The number of carboxylic acids is 2. The average molecular weight is 441 g/mol. The molecule has 2 N–H and O–H groups in total. The Morgan fingerprint density at radius 2 is 1.89 bits per heavy atom. The smallest absolute Gasteiger partial charge is 0.414 e. The van der Waals surface area contributed by atoms with E-state index in [-0.39, 0.29) is 6.42 Å².